The summed E-state index contributed by atoms with van der Waals surface area (Å²) in [4.78, 5) is 24.8. The number of esters is 1. The smallest absolute Gasteiger partial charge is 0.317 e. The van der Waals surface area contributed by atoms with Gasteiger partial charge in [0.25, 0.3) is 5.69 Å². The first kappa shape index (κ1) is 23.3. The van der Waals surface area contributed by atoms with Crippen LogP contribution in [0.5, 0.6) is 11.6 Å². The van der Waals surface area contributed by atoms with Gasteiger partial charge in [0.2, 0.25) is 5.88 Å². The van der Waals surface area contributed by atoms with Gasteiger partial charge in [-0.15, -0.1) is 0 Å². The summed E-state index contributed by atoms with van der Waals surface area (Å²) in [5.74, 6) is 0.522. The lowest BCUT2D eigenvalue weighted by Crippen LogP contribution is -2.26. The summed E-state index contributed by atoms with van der Waals surface area (Å²) in [6.45, 7) is 7.62. The fourth-order valence-corrected chi connectivity index (χ4v) is 4.03. The van der Waals surface area contributed by atoms with E-state index < -0.39 is 16.4 Å². The molecule has 1 aromatic heterocycles. The zero-order valence-electron chi connectivity index (χ0n) is 18.6. The number of methoxy groups -OCH3 is 1. The number of ether oxygens (including phenoxy) is 2. The van der Waals surface area contributed by atoms with Crippen molar-refractivity contribution in [2.45, 2.75) is 49.4 Å². The van der Waals surface area contributed by atoms with Gasteiger partial charge in [-0.25, -0.2) is 4.68 Å². The molecule has 0 spiro atoms. The van der Waals surface area contributed by atoms with Crippen molar-refractivity contribution < 1.29 is 19.2 Å². The molecule has 0 amide bonds. The minimum Gasteiger partial charge on any atom is -0.497 e. The van der Waals surface area contributed by atoms with Gasteiger partial charge in [0, 0.05) is 6.07 Å². The summed E-state index contributed by atoms with van der Waals surface area (Å²) < 4.78 is 12.6. The zero-order chi connectivity index (χ0) is 23.5. The summed E-state index contributed by atoms with van der Waals surface area (Å²) in [7, 11) is 1.58. The molecule has 0 radical (unpaired) electrons. The van der Waals surface area contributed by atoms with Gasteiger partial charge in [-0.1, -0.05) is 36.0 Å². The topological polar surface area (TPSA) is 96.5 Å². The molecule has 0 saturated carbocycles. The number of aromatic nitrogens is 2. The monoisotopic (exact) mass is 455 g/mol. The van der Waals surface area contributed by atoms with Crippen molar-refractivity contribution >= 4 is 23.4 Å². The molecule has 3 rings (SSSR count). The van der Waals surface area contributed by atoms with Crippen LogP contribution in [0.25, 0.3) is 0 Å². The second kappa shape index (κ2) is 9.44. The molecule has 0 unspecified atom stereocenters. The van der Waals surface area contributed by atoms with Crippen molar-refractivity contribution in [2.75, 3.05) is 7.11 Å². The van der Waals surface area contributed by atoms with Crippen molar-refractivity contribution in [3.8, 4) is 11.6 Å². The maximum Gasteiger partial charge on any atom is 0.317 e. The van der Waals surface area contributed by atoms with Gasteiger partial charge < -0.3 is 9.47 Å². The van der Waals surface area contributed by atoms with Crippen LogP contribution in [0.3, 0.4) is 0 Å². The first-order valence-corrected chi connectivity index (χ1v) is 10.8. The molecule has 32 heavy (non-hydrogen) atoms. The molecular weight excluding hydrogens is 430 g/mol. The minimum atomic E-state index is -0.470. The number of nitrogens with zero attached hydrogens (tertiary/aromatic N) is 3. The van der Waals surface area contributed by atoms with E-state index in [-0.39, 0.29) is 18.0 Å². The van der Waals surface area contributed by atoms with Gasteiger partial charge in [-0.3, -0.25) is 14.9 Å². The average molecular weight is 456 g/mol. The predicted octanol–water partition coefficient (Wildman–Crippen LogP) is 5.16. The number of para-hydroxylation sites is 1. The molecular formula is C23H25N3O5S. The largest absolute Gasteiger partial charge is 0.497 e. The third-order valence-corrected chi connectivity index (χ3v) is 5.83. The highest BCUT2D eigenvalue weighted by molar-refractivity contribution is 7.99. The highest BCUT2D eigenvalue weighted by Gasteiger charge is 2.28. The van der Waals surface area contributed by atoms with Crippen LogP contribution >= 0.6 is 11.8 Å². The molecule has 0 atom stereocenters. The quantitative estimate of drug-likeness (QED) is 0.276. The van der Waals surface area contributed by atoms with E-state index in [1.807, 2.05) is 20.8 Å². The molecule has 2 aromatic carbocycles. The number of carbonyl (C=O) groups excluding carboxylic acids is 1. The number of nitro benzene ring substituents is 1. The second-order valence-corrected chi connectivity index (χ2v) is 9.18. The lowest BCUT2D eigenvalue weighted by atomic mass is 10.1. The number of hydrogen-bond acceptors (Lipinski definition) is 7. The summed E-state index contributed by atoms with van der Waals surface area (Å²) in [6, 6.07) is 13.6. The molecule has 0 fully saturated rings. The first-order valence-electron chi connectivity index (χ1n) is 9.95. The Balaban J connectivity index is 1.94. The van der Waals surface area contributed by atoms with Crippen LogP contribution in [-0.4, -0.2) is 27.8 Å². The van der Waals surface area contributed by atoms with Crippen LogP contribution in [0.1, 0.15) is 32.0 Å². The number of aryl methyl sites for hydroxylation is 1. The second-order valence-electron chi connectivity index (χ2n) is 8.13. The Bertz CT molecular complexity index is 1130. The Hall–Kier alpha value is -3.33. The van der Waals surface area contributed by atoms with E-state index in [1.54, 1.807) is 61.2 Å². The molecule has 0 saturated heterocycles. The van der Waals surface area contributed by atoms with Gasteiger partial charge in [0.1, 0.15) is 5.75 Å². The summed E-state index contributed by atoms with van der Waals surface area (Å²) in [6.07, 6.45) is 0.0634. The van der Waals surface area contributed by atoms with E-state index in [0.717, 1.165) is 5.56 Å². The molecule has 8 nitrogen and oxygen atoms in total. The number of carbonyl (C=O) groups is 1. The lowest BCUT2D eigenvalue weighted by Gasteiger charge is -2.22. The fourth-order valence-electron chi connectivity index (χ4n) is 3.01. The summed E-state index contributed by atoms with van der Waals surface area (Å²) >= 11 is 1.17. The molecule has 0 aliphatic heterocycles. The minimum absolute atomic E-state index is 0.0177. The van der Waals surface area contributed by atoms with Crippen LogP contribution in [-0.2, 0) is 16.8 Å². The maximum atomic E-state index is 12.8. The van der Waals surface area contributed by atoms with Gasteiger partial charge in [-0.2, -0.15) is 5.10 Å². The van der Waals surface area contributed by atoms with Crippen molar-refractivity contribution in [3.05, 3.63) is 69.9 Å². The Morgan fingerprint density at radius 2 is 1.81 bits per heavy atom. The van der Waals surface area contributed by atoms with Crippen LogP contribution in [0.15, 0.2) is 58.3 Å². The normalized spacial score (nSPS) is 11.3. The van der Waals surface area contributed by atoms with Crippen LogP contribution in [0.4, 0.5) is 5.69 Å². The lowest BCUT2D eigenvalue weighted by molar-refractivity contribution is -0.387. The van der Waals surface area contributed by atoms with Crippen molar-refractivity contribution in [1.82, 2.24) is 9.78 Å². The number of hydrogen-bond donors (Lipinski definition) is 0. The highest BCUT2D eigenvalue weighted by Crippen LogP contribution is 2.42. The Morgan fingerprint density at radius 1 is 1.16 bits per heavy atom. The maximum absolute atomic E-state index is 12.8. The van der Waals surface area contributed by atoms with E-state index in [0.29, 0.717) is 21.2 Å². The molecule has 0 aliphatic carbocycles. The molecule has 9 heteroatoms. The number of rotatable bonds is 7. The number of benzene rings is 2. The SMILES string of the molecule is COc1ccc(CC(=O)Oc2c(Sc3ccccc3[N+](=O)[O-])c(C)nn2C(C)(C)C)cc1. The fraction of sp³-hybridized carbons (Fsp3) is 0.304. The molecule has 1 heterocycles. The molecule has 0 bridgehead atoms. The molecule has 168 valence electrons. The number of nitro groups is 1. The van der Waals surface area contributed by atoms with Crippen molar-refractivity contribution in [2.24, 2.45) is 0 Å². The van der Waals surface area contributed by atoms with Gasteiger partial charge in [0.15, 0.2) is 0 Å². The van der Waals surface area contributed by atoms with E-state index in [1.165, 1.54) is 17.8 Å². The van der Waals surface area contributed by atoms with Crippen LogP contribution in [0, 0.1) is 17.0 Å². The van der Waals surface area contributed by atoms with Crippen LogP contribution in [0.2, 0.25) is 0 Å². The molecule has 3 aromatic rings. The average Bonchev–Trinajstić information content (AvgIpc) is 3.04. The van der Waals surface area contributed by atoms with E-state index in [2.05, 4.69) is 5.10 Å². The van der Waals surface area contributed by atoms with Gasteiger partial charge >= 0.3 is 5.97 Å². The summed E-state index contributed by atoms with van der Waals surface area (Å²) in [5, 5.41) is 16.0. The Kier molecular flexibility index (Phi) is 6.88. The zero-order valence-corrected chi connectivity index (χ0v) is 19.4. The van der Waals surface area contributed by atoms with E-state index in [4.69, 9.17) is 9.47 Å². The third-order valence-electron chi connectivity index (χ3n) is 4.59. The van der Waals surface area contributed by atoms with E-state index in [9.17, 15) is 14.9 Å². The third kappa shape index (κ3) is 5.28. The molecule has 0 N–H and O–H groups in total. The first-order chi connectivity index (χ1) is 15.1. The standard InChI is InChI=1S/C23H25N3O5S/c1-15-21(32-19-9-7-6-8-18(19)26(28)29)22(25(24-15)23(2,3)4)31-20(27)14-16-10-12-17(30-5)13-11-16/h6-13H,14H2,1-5H3. The van der Waals surface area contributed by atoms with Crippen molar-refractivity contribution in [3.63, 3.8) is 0 Å². The Morgan fingerprint density at radius 3 is 2.41 bits per heavy atom. The highest BCUT2D eigenvalue weighted by atomic mass is 32.2. The molecule has 0 aliphatic rings. The van der Waals surface area contributed by atoms with Gasteiger partial charge in [0.05, 0.1) is 39.5 Å². The van der Waals surface area contributed by atoms with Crippen LogP contribution < -0.4 is 9.47 Å². The van der Waals surface area contributed by atoms with E-state index >= 15 is 0 Å². The predicted molar refractivity (Wildman–Crippen MR) is 122 cm³/mol. The summed E-state index contributed by atoms with van der Waals surface area (Å²) in [5.41, 5.74) is 0.913. The van der Waals surface area contributed by atoms with Crippen molar-refractivity contribution in [1.29, 1.82) is 0 Å². The van der Waals surface area contributed by atoms with Gasteiger partial charge in [-0.05, 0) is 51.5 Å². The Labute approximate surface area is 190 Å².